The summed E-state index contributed by atoms with van der Waals surface area (Å²) in [6, 6.07) is 0. The van der Waals surface area contributed by atoms with Gasteiger partial charge >= 0.3 is 0 Å². The number of carbonyl (C=O) groups is 1. The Bertz CT molecular complexity index is 382. The van der Waals surface area contributed by atoms with Gasteiger partial charge in [0.25, 0.3) is 0 Å². The number of nitrogens with one attached hydrogen (secondary N) is 1. The Balaban J connectivity index is 2.51. The first kappa shape index (κ1) is 11.6. The van der Waals surface area contributed by atoms with Gasteiger partial charge in [0.1, 0.15) is 5.01 Å². The van der Waals surface area contributed by atoms with Crippen molar-refractivity contribution in [3.63, 3.8) is 0 Å². The first-order valence-electron chi connectivity index (χ1n) is 4.69. The van der Waals surface area contributed by atoms with Crippen molar-refractivity contribution in [3.05, 3.63) is 29.3 Å². The number of carbonyl (C=O) groups excluding carboxylic acids is 1. The average Bonchev–Trinajstić information content (AvgIpc) is 2.66. The van der Waals surface area contributed by atoms with Gasteiger partial charge in [-0.2, -0.15) is 0 Å². The molecule has 1 N–H and O–H groups in total. The summed E-state index contributed by atoms with van der Waals surface area (Å²) in [5.74, 6) is -0.188. The van der Waals surface area contributed by atoms with Gasteiger partial charge in [0.15, 0.2) is 0 Å². The lowest BCUT2D eigenvalue weighted by Gasteiger charge is -1.92. The summed E-state index contributed by atoms with van der Waals surface area (Å²) in [4.78, 5) is 11.3. The van der Waals surface area contributed by atoms with Gasteiger partial charge in [-0.3, -0.25) is 10.1 Å². The third kappa shape index (κ3) is 4.03. The number of hydrogen-bond donors (Lipinski definition) is 1. The number of aromatic nitrogens is 2. The van der Waals surface area contributed by atoms with Crippen LogP contribution in [0.2, 0.25) is 0 Å². The topological polar surface area (TPSA) is 54.9 Å². The zero-order chi connectivity index (χ0) is 11.1. The minimum atomic E-state index is -0.188. The number of anilines is 1. The molecule has 0 spiro atoms. The van der Waals surface area contributed by atoms with E-state index in [1.807, 2.05) is 19.9 Å². The van der Waals surface area contributed by atoms with Crippen LogP contribution in [0.15, 0.2) is 24.3 Å². The van der Waals surface area contributed by atoms with Crippen LogP contribution in [-0.4, -0.2) is 16.1 Å². The summed E-state index contributed by atoms with van der Waals surface area (Å²) in [6.45, 7) is 3.89. The molecule has 1 aromatic rings. The Morgan fingerprint density at radius 2 is 2.27 bits per heavy atom. The smallest absolute Gasteiger partial charge is 0.250 e. The molecule has 1 rings (SSSR count). The molecular weight excluding hydrogens is 210 g/mol. The fraction of sp³-hybridized carbons (Fsp3) is 0.300. The van der Waals surface area contributed by atoms with Crippen LogP contribution in [0.5, 0.6) is 0 Å². The Morgan fingerprint density at radius 1 is 1.47 bits per heavy atom. The van der Waals surface area contributed by atoms with E-state index in [1.165, 1.54) is 17.4 Å². The number of rotatable bonds is 4. The average molecular weight is 223 g/mol. The quantitative estimate of drug-likeness (QED) is 0.628. The molecule has 0 aliphatic heterocycles. The lowest BCUT2D eigenvalue weighted by Crippen LogP contribution is -2.07. The molecule has 0 saturated heterocycles. The molecule has 80 valence electrons. The van der Waals surface area contributed by atoms with Crippen molar-refractivity contribution < 1.29 is 4.79 Å². The Hall–Kier alpha value is -1.49. The van der Waals surface area contributed by atoms with Crippen LogP contribution in [0.3, 0.4) is 0 Å². The van der Waals surface area contributed by atoms with E-state index >= 15 is 0 Å². The fourth-order valence-corrected chi connectivity index (χ4v) is 1.53. The number of hydrogen-bond acceptors (Lipinski definition) is 4. The number of aryl methyl sites for hydroxylation is 1. The molecule has 0 bridgehead atoms. The summed E-state index contributed by atoms with van der Waals surface area (Å²) in [7, 11) is 0. The van der Waals surface area contributed by atoms with Crippen molar-refractivity contribution >= 4 is 22.4 Å². The van der Waals surface area contributed by atoms with Crippen LogP contribution in [-0.2, 0) is 11.2 Å². The molecule has 0 atom stereocenters. The molecule has 0 aliphatic rings. The third-order valence-electron chi connectivity index (χ3n) is 1.55. The van der Waals surface area contributed by atoms with Gasteiger partial charge in [-0.25, -0.2) is 0 Å². The van der Waals surface area contributed by atoms with Crippen LogP contribution in [0, 0.1) is 0 Å². The normalized spacial score (nSPS) is 11.3. The summed E-state index contributed by atoms with van der Waals surface area (Å²) in [5.41, 5.74) is 0. The van der Waals surface area contributed by atoms with Gasteiger partial charge < -0.3 is 0 Å². The zero-order valence-electron chi connectivity index (χ0n) is 8.73. The molecule has 0 saturated carbocycles. The summed E-state index contributed by atoms with van der Waals surface area (Å²) >= 11 is 1.39. The highest BCUT2D eigenvalue weighted by Gasteiger charge is 2.03. The Morgan fingerprint density at radius 3 is 2.87 bits per heavy atom. The standard InChI is InChI=1S/C10H13N3OS/c1-3-5-6-7-8(14)11-10-13-12-9(4-2)15-10/h3,5-7H,4H2,1-2H3,(H,11,13,14). The van der Waals surface area contributed by atoms with Gasteiger partial charge in [-0.1, -0.05) is 36.5 Å². The van der Waals surface area contributed by atoms with Crippen LogP contribution in [0.1, 0.15) is 18.9 Å². The molecule has 15 heavy (non-hydrogen) atoms. The minimum absolute atomic E-state index is 0.188. The monoisotopic (exact) mass is 223 g/mol. The van der Waals surface area contributed by atoms with E-state index < -0.39 is 0 Å². The first-order valence-corrected chi connectivity index (χ1v) is 5.50. The fourth-order valence-electron chi connectivity index (χ4n) is 0.848. The van der Waals surface area contributed by atoms with Crippen LogP contribution in [0.4, 0.5) is 5.13 Å². The van der Waals surface area contributed by atoms with Crippen molar-refractivity contribution in [2.24, 2.45) is 0 Å². The van der Waals surface area contributed by atoms with Gasteiger partial charge in [-0.15, -0.1) is 10.2 Å². The third-order valence-corrected chi connectivity index (χ3v) is 2.53. The van der Waals surface area contributed by atoms with Gasteiger partial charge in [-0.05, 0) is 13.3 Å². The maximum absolute atomic E-state index is 11.3. The molecule has 5 heteroatoms. The Labute approximate surface area is 92.7 Å². The maximum Gasteiger partial charge on any atom is 0.250 e. The molecular formula is C10H13N3OS. The van der Waals surface area contributed by atoms with Crippen molar-refractivity contribution in [2.75, 3.05) is 5.32 Å². The van der Waals surface area contributed by atoms with Crippen molar-refractivity contribution in [1.29, 1.82) is 0 Å². The molecule has 1 aromatic heterocycles. The predicted octanol–water partition coefficient (Wildman–Crippen LogP) is 2.17. The van der Waals surface area contributed by atoms with Crippen molar-refractivity contribution in [2.45, 2.75) is 20.3 Å². The van der Waals surface area contributed by atoms with Crippen molar-refractivity contribution in [1.82, 2.24) is 10.2 Å². The molecule has 0 aliphatic carbocycles. The largest absolute Gasteiger partial charge is 0.297 e. The van der Waals surface area contributed by atoms with Crippen LogP contribution in [0.25, 0.3) is 0 Å². The van der Waals surface area contributed by atoms with E-state index in [1.54, 1.807) is 12.2 Å². The van der Waals surface area contributed by atoms with E-state index in [9.17, 15) is 4.79 Å². The number of nitrogens with zero attached hydrogens (tertiary/aromatic N) is 2. The molecule has 4 nitrogen and oxygen atoms in total. The van der Waals surface area contributed by atoms with Gasteiger partial charge in [0, 0.05) is 6.08 Å². The summed E-state index contributed by atoms with van der Waals surface area (Å²) in [6.07, 6.45) is 7.60. The molecule has 0 fully saturated rings. The zero-order valence-corrected chi connectivity index (χ0v) is 9.54. The summed E-state index contributed by atoms with van der Waals surface area (Å²) < 4.78 is 0. The SMILES string of the molecule is CC=CC=CC(=O)Nc1nnc(CC)s1. The molecule has 1 amide bonds. The van der Waals surface area contributed by atoms with Gasteiger partial charge in [0.05, 0.1) is 0 Å². The number of amides is 1. The second-order valence-corrected chi connectivity index (χ2v) is 3.79. The first-order chi connectivity index (χ1) is 7.26. The molecule has 1 heterocycles. The second kappa shape index (κ2) is 6.08. The molecule has 0 aromatic carbocycles. The predicted molar refractivity (Wildman–Crippen MR) is 61.9 cm³/mol. The highest BCUT2D eigenvalue weighted by Crippen LogP contribution is 2.14. The Kier molecular flexibility index (Phi) is 4.70. The van der Waals surface area contributed by atoms with Crippen LogP contribution >= 0.6 is 11.3 Å². The van der Waals surface area contributed by atoms with E-state index in [-0.39, 0.29) is 5.91 Å². The second-order valence-electron chi connectivity index (χ2n) is 2.73. The molecule has 0 unspecified atom stereocenters. The number of allylic oxidation sites excluding steroid dienone is 3. The summed E-state index contributed by atoms with van der Waals surface area (Å²) in [5, 5.41) is 11.8. The highest BCUT2D eigenvalue weighted by molar-refractivity contribution is 7.15. The van der Waals surface area contributed by atoms with Crippen LogP contribution < -0.4 is 5.32 Å². The van der Waals surface area contributed by atoms with E-state index in [4.69, 9.17) is 0 Å². The van der Waals surface area contributed by atoms with E-state index in [0.29, 0.717) is 5.13 Å². The van der Waals surface area contributed by atoms with Crippen molar-refractivity contribution in [3.8, 4) is 0 Å². The lowest BCUT2D eigenvalue weighted by atomic mass is 10.4. The lowest BCUT2D eigenvalue weighted by molar-refractivity contribution is -0.111. The molecule has 0 radical (unpaired) electrons. The van der Waals surface area contributed by atoms with Gasteiger partial charge in [0.2, 0.25) is 11.0 Å². The highest BCUT2D eigenvalue weighted by atomic mass is 32.1. The van der Waals surface area contributed by atoms with E-state index in [0.717, 1.165) is 11.4 Å². The minimum Gasteiger partial charge on any atom is -0.297 e. The van der Waals surface area contributed by atoms with E-state index in [2.05, 4.69) is 15.5 Å². The maximum atomic E-state index is 11.3.